The summed E-state index contributed by atoms with van der Waals surface area (Å²) in [6, 6.07) is 89.7. The van der Waals surface area contributed by atoms with E-state index in [4.69, 9.17) is 19.9 Å². The zero-order chi connectivity index (χ0) is 47.5. The molecule has 0 spiro atoms. The third-order valence-electron chi connectivity index (χ3n) is 14.0. The highest BCUT2D eigenvalue weighted by Gasteiger charge is 2.21. The number of fused-ring (bicyclic) bond motifs is 5. The lowest BCUT2D eigenvalue weighted by atomic mass is 9.93. The molecule has 3 heterocycles. The van der Waals surface area contributed by atoms with Crippen LogP contribution in [0.4, 0.5) is 0 Å². The summed E-state index contributed by atoms with van der Waals surface area (Å²) in [5.74, 6) is 1.83. The molecule has 0 radical (unpaired) electrons. The Bertz CT molecular complexity index is 4080. The number of nitrogens with zero attached hydrogens (tertiary/aromatic N) is 6. The van der Waals surface area contributed by atoms with Gasteiger partial charge in [0, 0.05) is 33.6 Å². The van der Waals surface area contributed by atoms with Crippen molar-refractivity contribution < 1.29 is 0 Å². The smallest absolute Gasteiger partial charge is 0.146 e. The summed E-state index contributed by atoms with van der Waals surface area (Å²) < 4.78 is 4.54. The van der Waals surface area contributed by atoms with Gasteiger partial charge in [0.05, 0.1) is 44.5 Å². The average Bonchev–Trinajstić information content (AvgIpc) is 4.04. The van der Waals surface area contributed by atoms with Crippen molar-refractivity contribution in [3.8, 4) is 78.9 Å². The van der Waals surface area contributed by atoms with Crippen molar-refractivity contribution in [2.75, 3.05) is 0 Å². The Hall–Kier alpha value is -9.78. The Kier molecular flexibility index (Phi) is 9.74. The van der Waals surface area contributed by atoms with Gasteiger partial charge in [-0.05, 0) is 104 Å². The maximum atomic E-state index is 5.30. The zero-order valence-corrected chi connectivity index (χ0v) is 38.9. The minimum Gasteiger partial charge on any atom is -0.292 e. The Labute approximate surface area is 415 Å². The lowest BCUT2D eigenvalue weighted by molar-refractivity contribution is 1.11. The Morgan fingerprint density at radius 2 is 0.542 bits per heavy atom. The van der Waals surface area contributed by atoms with E-state index in [-0.39, 0.29) is 0 Å². The maximum absolute atomic E-state index is 5.30. The molecule has 0 aliphatic carbocycles. The molecule has 11 aromatic carbocycles. The lowest BCUT2D eigenvalue weighted by Gasteiger charge is -2.15. The molecule has 3 aromatic heterocycles. The fourth-order valence-electron chi connectivity index (χ4n) is 10.6. The SMILES string of the molecule is c1ccc(-n2c(-c3cccc4c(-c5ccc(-c6nc7ccccc7nc6-c6ccc(-c7cccc8c(-c9nc%10ccccc%10n9-c9ccccc9)cccc78)cc6)cc5)cccc34)nc3ccccc32)cc1. The second-order valence-electron chi connectivity index (χ2n) is 18.2. The van der Waals surface area contributed by atoms with E-state index in [9.17, 15) is 0 Å². The van der Waals surface area contributed by atoms with E-state index in [1.807, 2.05) is 24.3 Å². The van der Waals surface area contributed by atoms with E-state index < -0.39 is 0 Å². The molecule has 72 heavy (non-hydrogen) atoms. The van der Waals surface area contributed by atoms with Crippen LogP contribution in [0.15, 0.2) is 255 Å². The van der Waals surface area contributed by atoms with Crippen LogP contribution in [0.5, 0.6) is 0 Å². The molecule has 0 saturated carbocycles. The van der Waals surface area contributed by atoms with Gasteiger partial charge in [0.25, 0.3) is 0 Å². The third-order valence-corrected chi connectivity index (χ3v) is 14.0. The van der Waals surface area contributed by atoms with Crippen molar-refractivity contribution in [2.24, 2.45) is 0 Å². The summed E-state index contributed by atoms with van der Waals surface area (Å²) in [6.07, 6.45) is 0. The van der Waals surface area contributed by atoms with E-state index in [0.29, 0.717) is 0 Å². The van der Waals surface area contributed by atoms with Crippen LogP contribution in [0.25, 0.3) is 134 Å². The highest BCUT2D eigenvalue weighted by Crippen LogP contribution is 2.41. The van der Waals surface area contributed by atoms with Crippen molar-refractivity contribution in [1.29, 1.82) is 0 Å². The lowest BCUT2D eigenvalue weighted by Crippen LogP contribution is -1.98. The maximum Gasteiger partial charge on any atom is 0.146 e. The van der Waals surface area contributed by atoms with Crippen LogP contribution in [0.1, 0.15) is 0 Å². The number of rotatable bonds is 8. The van der Waals surface area contributed by atoms with Gasteiger partial charge in [-0.2, -0.15) is 0 Å². The highest BCUT2D eigenvalue weighted by molar-refractivity contribution is 6.06. The molecule has 0 aliphatic heterocycles. The van der Waals surface area contributed by atoms with Crippen molar-refractivity contribution in [3.05, 3.63) is 255 Å². The molecule has 0 bridgehead atoms. The monoisotopic (exact) mass is 918 g/mol. The van der Waals surface area contributed by atoms with Crippen LogP contribution in [0, 0.1) is 0 Å². The molecule has 0 amide bonds. The number of benzene rings is 11. The van der Waals surface area contributed by atoms with Gasteiger partial charge >= 0.3 is 0 Å². The van der Waals surface area contributed by atoms with Crippen LogP contribution < -0.4 is 0 Å². The predicted molar refractivity (Wildman–Crippen MR) is 296 cm³/mol. The number of imidazole rings is 2. The second-order valence-corrected chi connectivity index (χ2v) is 18.2. The van der Waals surface area contributed by atoms with Gasteiger partial charge in [0.15, 0.2) is 0 Å². The van der Waals surface area contributed by atoms with Gasteiger partial charge in [-0.25, -0.2) is 19.9 Å². The fourth-order valence-corrected chi connectivity index (χ4v) is 10.6. The third kappa shape index (κ3) is 6.88. The zero-order valence-electron chi connectivity index (χ0n) is 38.9. The summed E-state index contributed by atoms with van der Waals surface area (Å²) in [5.41, 5.74) is 18.3. The minimum absolute atomic E-state index is 0.837. The molecule has 0 atom stereocenters. The van der Waals surface area contributed by atoms with Gasteiger partial charge in [0.2, 0.25) is 0 Å². The van der Waals surface area contributed by atoms with Crippen LogP contribution in [0.3, 0.4) is 0 Å². The Morgan fingerprint density at radius 1 is 0.222 bits per heavy atom. The molecular weight excluding hydrogens is 877 g/mol. The molecule has 14 aromatic rings. The molecule has 6 nitrogen and oxygen atoms in total. The summed E-state index contributed by atoms with van der Waals surface area (Å²) >= 11 is 0. The van der Waals surface area contributed by atoms with Gasteiger partial charge in [-0.15, -0.1) is 0 Å². The van der Waals surface area contributed by atoms with Crippen molar-refractivity contribution in [3.63, 3.8) is 0 Å². The van der Waals surface area contributed by atoms with E-state index in [1.54, 1.807) is 0 Å². The minimum atomic E-state index is 0.837. The number of hydrogen-bond acceptors (Lipinski definition) is 4. The molecule has 14 rings (SSSR count). The van der Waals surface area contributed by atoms with Crippen molar-refractivity contribution in [1.82, 2.24) is 29.1 Å². The summed E-state index contributed by atoms with van der Waals surface area (Å²) in [4.78, 5) is 21.0. The normalized spacial score (nSPS) is 11.6. The first-order valence-corrected chi connectivity index (χ1v) is 24.3. The fraction of sp³-hybridized carbons (Fsp3) is 0. The summed E-state index contributed by atoms with van der Waals surface area (Å²) in [5, 5.41) is 4.61. The molecule has 6 heteroatoms. The largest absolute Gasteiger partial charge is 0.292 e. The molecule has 0 fully saturated rings. The predicted octanol–water partition coefficient (Wildman–Crippen LogP) is 16.6. The van der Waals surface area contributed by atoms with Crippen molar-refractivity contribution >= 4 is 54.6 Å². The van der Waals surface area contributed by atoms with E-state index in [1.165, 1.54) is 0 Å². The van der Waals surface area contributed by atoms with E-state index in [2.05, 4.69) is 240 Å². The molecule has 0 N–H and O–H groups in total. The number of para-hydroxylation sites is 8. The van der Waals surface area contributed by atoms with Gasteiger partial charge in [-0.1, -0.05) is 194 Å². The summed E-state index contributed by atoms with van der Waals surface area (Å²) in [6.45, 7) is 0. The van der Waals surface area contributed by atoms with Crippen LogP contribution in [-0.4, -0.2) is 29.1 Å². The van der Waals surface area contributed by atoms with Gasteiger partial charge in [-0.3, -0.25) is 9.13 Å². The first-order valence-electron chi connectivity index (χ1n) is 24.3. The average molecular weight is 919 g/mol. The van der Waals surface area contributed by atoms with Crippen LogP contribution in [-0.2, 0) is 0 Å². The standard InChI is InChI=1S/C66H42N6/c1-3-17-47(18-4-1)71-61-33-11-9-31-59(61)69-65(71)55-27-15-23-51-49(21-13-25-53(51)55)43-35-39-45(40-36-43)63-64(68-58-30-8-7-29-57(58)67-63)46-41-37-44(38-42-46)50-22-14-26-54-52(50)24-16-28-56(54)66-70-60-32-10-12-34-62(60)72(66)48-19-5-2-6-20-48/h1-42H. The molecule has 0 saturated heterocycles. The number of aromatic nitrogens is 6. The first kappa shape index (κ1) is 41.2. The van der Waals surface area contributed by atoms with Crippen molar-refractivity contribution in [2.45, 2.75) is 0 Å². The molecular formula is C66H42N6. The summed E-state index contributed by atoms with van der Waals surface area (Å²) in [7, 11) is 0. The quantitative estimate of drug-likeness (QED) is 0.152. The Balaban J connectivity index is 0.831. The highest BCUT2D eigenvalue weighted by atomic mass is 15.1. The van der Waals surface area contributed by atoms with E-state index >= 15 is 0 Å². The molecule has 336 valence electrons. The number of hydrogen-bond donors (Lipinski definition) is 0. The molecule has 0 aliphatic rings. The topological polar surface area (TPSA) is 61.4 Å². The first-order chi connectivity index (χ1) is 35.7. The second kappa shape index (κ2) is 17.0. The molecule has 0 unspecified atom stereocenters. The Morgan fingerprint density at radius 3 is 0.944 bits per heavy atom. The van der Waals surface area contributed by atoms with Crippen LogP contribution in [0.2, 0.25) is 0 Å². The van der Waals surface area contributed by atoms with Crippen LogP contribution >= 0.6 is 0 Å². The van der Waals surface area contributed by atoms with Gasteiger partial charge < -0.3 is 0 Å². The van der Waals surface area contributed by atoms with Gasteiger partial charge in [0.1, 0.15) is 11.6 Å². The van der Waals surface area contributed by atoms with E-state index in [0.717, 1.165) is 134 Å².